The van der Waals surface area contributed by atoms with Crippen LogP contribution in [0.3, 0.4) is 0 Å². The molecule has 0 radical (unpaired) electrons. The van der Waals surface area contributed by atoms with Gasteiger partial charge in [0.2, 0.25) is 0 Å². The van der Waals surface area contributed by atoms with Crippen molar-refractivity contribution >= 4 is 0 Å². The summed E-state index contributed by atoms with van der Waals surface area (Å²) in [6.07, 6.45) is 7.81. The van der Waals surface area contributed by atoms with Gasteiger partial charge in [-0.3, -0.25) is 0 Å². The highest BCUT2D eigenvalue weighted by Gasteiger charge is 2.19. The summed E-state index contributed by atoms with van der Waals surface area (Å²) in [5.41, 5.74) is 1.40. The van der Waals surface area contributed by atoms with E-state index in [1.165, 1.54) is 44.2 Å². The maximum atomic E-state index is 4.00. The van der Waals surface area contributed by atoms with Gasteiger partial charge in [-0.25, -0.2) is 0 Å². The molecule has 0 atom stereocenters. The lowest BCUT2D eigenvalue weighted by molar-refractivity contribution is 0.616. The Morgan fingerprint density at radius 2 is 2.17 bits per heavy atom. The fourth-order valence-corrected chi connectivity index (χ4v) is 1.27. The SMILES string of the molecule is C=C(CC)CCCCNC1CC1. The Kier molecular flexibility index (Phi) is 4.37. The van der Waals surface area contributed by atoms with Gasteiger partial charge in [-0.15, -0.1) is 0 Å². The van der Waals surface area contributed by atoms with E-state index in [1.807, 2.05) is 0 Å². The smallest absolute Gasteiger partial charge is 0.00682 e. The summed E-state index contributed by atoms with van der Waals surface area (Å²) in [6, 6.07) is 0.874. The zero-order chi connectivity index (χ0) is 8.81. The molecule has 1 aliphatic rings. The molecule has 1 rings (SSSR count). The Labute approximate surface area is 76.2 Å². The summed E-state index contributed by atoms with van der Waals surface area (Å²) in [7, 11) is 0. The molecule has 12 heavy (non-hydrogen) atoms. The summed E-state index contributed by atoms with van der Waals surface area (Å²) in [6.45, 7) is 7.39. The second kappa shape index (κ2) is 5.36. The van der Waals surface area contributed by atoms with Crippen molar-refractivity contribution in [3.63, 3.8) is 0 Å². The molecule has 1 saturated carbocycles. The molecule has 0 spiro atoms. The molecule has 0 unspecified atom stereocenters. The normalized spacial score (nSPS) is 16.4. The van der Waals surface area contributed by atoms with Gasteiger partial charge in [-0.05, 0) is 45.1 Å². The van der Waals surface area contributed by atoms with Crippen molar-refractivity contribution in [1.82, 2.24) is 5.32 Å². The molecule has 0 aromatic heterocycles. The van der Waals surface area contributed by atoms with E-state index in [0.29, 0.717) is 0 Å². The second-order valence-electron chi connectivity index (χ2n) is 3.79. The minimum atomic E-state index is 0.874. The standard InChI is InChI=1S/C11H21N/c1-3-10(2)6-4-5-9-12-11-7-8-11/h11-12H,2-9H2,1H3. The van der Waals surface area contributed by atoms with E-state index < -0.39 is 0 Å². The summed E-state index contributed by atoms with van der Waals surface area (Å²) < 4.78 is 0. The molecule has 0 bridgehead atoms. The van der Waals surface area contributed by atoms with E-state index in [1.54, 1.807) is 0 Å². The van der Waals surface area contributed by atoms with Crippen molar-refractivity contribution in [2.24, 2.45) is 0 Å². The third-order valence-corrected chi connectivity index (χ3v) is 2.47. The van der Waals surface area contributed by atoms with Gasteiger partial charge < -0.3 is 5.32 Å². The highest BCUT2D eigenvalue weighted by molar-refractivity contribution is 4.91. The van der Waals surface area contributed by atoms with Gasteiger partial charge in [0, 0.05) is 6.04 Å². The van der Waals surface area contributed by atoms with Crippen LogP contribution < -0.4 is 5.32 Å². The summed E-state index contributed by atoms with van der Waals surface area (Å²) >= 11 is 0. The van der Waals surface area contributed by atoms with Gasteiger partial charge in [0.05, 0.1) is 0 Å². The molecule has 1 nitrogen and oxygen atoms in total. The number of rotatable bonds is 7. The maximum absolute atomic E-state index is 4.00. The second-order valence-corrected chi connectivity index (χ2v) is 3.79. The summed E-state index contributed by atoms with van der Waals surface area (Å²) in [4.78, 5) is 0. The van der Waals surface area contributed by atoms with Gasteiger partial charge in [0.15, 0.2) is 0 Å². The highest BCUT2D eigenvalue weighted by Crippen LogP contribution is 2.18. The van der Waals surface area contributed by atoms with Gasteiger partial charge >= 0.3 is 0 Å². The molecule has 1 aliphatic carbocycles. The molecule has 0 aromatic rings. The highest BCUT2D eigenvalue weighted by atomic mass is 14.9. The van der Waals surface area contributed by atoms with Crippen LogP contribution in [0.4, 0.5) is 0 Å². The van der Waals surface area contributed by atoms with Gasteiger partial charge in [0.1, 0.15) is 0 Å². The third-order valence-electron chi connectivity index (χ3n) is 2.47. The van der Waals surface area contributed by atoms with Crippen molar-refractivity contribution in [3.05, 3.63) is 12.2 Å². The average Bonchev–Trinajstić information content (AvgIpc) is 2.87. The first kappa shape index (κ1) is 9.79. The monoisotopic (exact) mass is 167 g/mol. The summed E-state index contributed by atoms with van der Waals surface area (Å²) in [5, 5.41) is 3.52. The molecular weight excluding hydrogens is 146 g/mol. The molecule has 0 aliphatic heterocycles. The van der Waals surface area contributed by atoms with Crippen LogP contribution in [0.15, 0.2) is 12.2 Å². The fraction of sp³-hybridized carbons (Fsp3) is 0.818. The average molecular weight is 167 g/mol. The summed E-state index contributed by atoms with van der Waals surface area (Å²) in [5.74, 6) is 0. The molecular formula is C11H21N. The van der Waals surface area contributed by atoms with Crippen LogP contribution in [0.1, 0.15) is 45.4 Å². The van der Waals surface area contributed by atoms with E-state index in [-0.39, 0.29) is 0 Å². The Morgan fingerprint density at radius 1 is 1.42 bits per heavy atom. The Hall–Kier alpha value is -0.300. The fourth-order valence-electron chi connectivity index (χ4n) is 1.27. The number of nitrogens with one attached hydrogen (secondary N) is 1. The van der Waals surface area contributed by atoms with E-state index in [9.17, 15) is 0 Å². The van der Waals surface area contributed by atoms with Crippen LogP contribution in [0, 0.1) is 0 Å². The van der Waals surface area contributed by atoms with Crippen LogP contribution in [0.25, 0.3) is 0 Å². The number of hydrogen-bond acceptors (Lipinski definition) is 1. The van der Waals surface area contributed by atoms with Crippen LogP contribution in [0.2, 0.25) is 0 Å². The van der Waals surface area contributed by atoms with Crippen LogP contribution in [-0.4, -0.2) is 12.6 Å². The zero-order valence-electron chi connectivity index (χ0n) is 8.23. The first-order valence-electron chi connectivity index (χ1n) is 5.23. The van der Waals surface area contributed by atoms with Gasteiger partial charge in [0.25, 0.3) is 0 Å². The minimum absolute atomic E-state index is 0.874. The molecule has 0 saturated heterocycles. The van der Waals surface area contributed by atoms with E-state index in [0.717, 1.165) is 12.5 Å². The largest absolute Gasteiger partial charge is 0.314 e. The number of hydrogen-bond donors (Lipinski definition) is 1. The lowest BCUT2D eigenvalue weighted by Crippen LogP contribution is -2.17. The molecule has 70 valence electrons. The Balaban J connectivity index is 1.78. The minimum Gasteiger partial charge on any atom is -0.314 e. The van der Waals surface area contributed by atoms with E-state index in [4.69, 9.17) is 0 Å². The Bertz CT molecular complexity index is 136. The van der Waals surface area contributed by atoms with Gasteiger partial charge in [-0.1, -0.05) is 19.1 Å². The van der Waals surface area contributed by atoms with Crippen molar-refractivity contribution in [1.29, 1.82) is 0 Å². The predicted molar refractivity (Wildman–Crippen MR) is 54.3 cm³/mol. The van der Waals surface area contributed by atoms with Gasteiger partial charge in [-0.2, -0.15) is 0 Å². The quantitative estimate of drug-likeness (QED) is 0.454. The Morgan fingerprint density at radius 3 is 2.75 bits per heavy atom. The first-order chi connectivity index (χ1) is 5.83. The zero-order valence-corrected chi connectivity index (χ0v) is 8.23. The molecule has 0 aromatic carbocycles. The van der Waals surface area contributed by atoms with Crippen molar-refractivity contribution in [3.8, 4) is 0 Å². The van der Waals surface area contributed by atoms with Crippen molar-refractivity contribution in [2.75, 3.05) is 6.54 Å². The van der Waals surface area contributed by atoms with E-state index in [2.05, 4.69) is 18.8 Å². The van der Waals surface area contributed by atoms with Crippen LogP contribution in [-0.2, 0) is 0 Å². The maximum Gasteiger partial charge on any atom is 0.00682 e. The van der Waals surface area contributed by atoms with Crippen LogP contribution >= 0.6 is 0 Å². The first-order valence-corrected chi connectivity index (χ1v) is 5.23. The lowest BCUT2D eigenvalue weighted by atomic mass is 10.1. The topological polar surface area (TPSA) is 12.0 Å². The molecule has 0 heterocycles. The van der Waals surface area contributed by atoms with Crippen LogP contribution in [0.5, 0.6) is 0 Å². The third kappa shape index (κ3) is 4.55. The van der Waals surface area contributed by atoms with E-state index >= 15 is 0 Å². The van der Waals surface area contributed by atoms with Crippen molar-refractivity contribution < 1.29 is 0 Å². The molecule has 1 N–H and O–H groups in total. The lowest BCUT2D eigenvalue weighted by Gasteiger charge is -2.03. The molecule has 0 amide bonds. The van der Waals surface area contributed by atoms with Crippen molar-refractivity contribution in [2.45, 2.75) is 51.5 Å². The number of unbranched alkanes of at least 4 members (excludes halogenated alkanes) is 1. The molecule has 1 heteroatoms. The number of allylic oxidation sites excluding steroid dienone is 1. The molecule has 1 fully saturated rings. The predicted octanol–water partition coefficient (Wildman–Crippen LogP) is 2.87.